The molecule has 2 aromatic carbocycles. The van der Waals surface area contributed by atoms with Gasteiger partial charge < -0.3 is 4.98 Å². The standard InChI is InChI=1S/C30H30ClN7O/c1-20-12-13-22-16-25(30(39)33-27(22)15-20)28(29-34-35-36-38(29)24-9-3-4-10-24)37(18-21-7-6-14-32-17-21)19-23-8-2-5-11-26(23)31/h2,5-8,11-17,24,28H,3-4,9-10,18-19H2,1H3,(H,33,39)/t28-/m1/s1. The van der Waals surface area contributed by atoms with Crippen LogP contribution in [0.1, 0.15) is 65.8 Å². The average molecular weight is 540 g/mol. The van der Waals surface area contributed by atoms with Gasteiger partial charge in [0.15, 0.2) is 5.82 Å². The van der Waals surface area contributed by atoms with Crippen molar-refractivity contribution in [2.24, 2.45) is 0 Å². The number of aromatic nitrogens is 6. The number of aromatic amines is 1. The minimum atomic E-state index is -0.522. The third-order valence-electron chi connectivity index (χ3n) is 7.56. The lowest BCUT2D eigenvalue weighted by Crippen LogP contribution is -2.35. The summed E-state index contributed by atoms with van der Waals surface area (Å²) in [6.07, 6.45) is 7.93. The maximum absolute atomic E-state index is 13.8. The molecule has 8 nitrogen and oxygen atoms in total. The van der Waals surface area contributed by atoms with Crippen molar-refractivity contribution >= 4 is 22.5 Å². The number of nitrogens with zero attached hydrogens (tertiary/aromatic N) is 6. The predicted molar refractivity (Wildman–Crippen MR) is 151 cm³/mol. The lowest BCUT2D eigenvalue weighted by Gasteiger charge is -2.32. The number of hydrogen-bond acceptors (Lipinski definition) is 6. The second-order valence-corrected chi connectivity index (χ2v) is 10.7. The molecule has 9 heteroatoms. The Morgan fingerprint density at radius 2 is 1.92 bits per heavy atom. The summed E-state index contributed by atoms with van der Waals surface area (Å²) in [6, 6.07) is 19.5. The van der Waals surface area contributed by atoms with Crippen LogP contribution in [0.4, 0.5) is 0 Å². The minimum Gasteiger partial charge on any atom is -0.322 e. The fourth-order valence-corrected chi connectivity index (χ4v) is 5.83. The van der Waals surface area contributed by atoms with E-state index in [1.165, 1.54) is 0 Å². The van der Waals surface area contributed by atoms with Crippen LogP contribution in [0, 0.1) is 6.92 Å². The Labute approximate surface area is 231 Å². The van der Waals surface area contributed by atoms with Crippen LogP contribution in [0.25, 0.3) is 10.9 Å². The summed E-state index contributed by atoms with van der Waals surface area (Å²) in [5, 5.41) is 14.7. The van der Waals surface area contributed by atoms with Gasteiger partial charge in [-0.3, -0.25) is 14.7 Å². The van der Waals surface area contributed by atoms with Crippen molar-refractivity contribution in [1.82, 2.24) is 35.1 Å². The molecule has 198 valence electrons. The van der Waals surface area contributed by atoms with E-state index in [0.29, 0.717) is 29.5 Å². The third-order valence-corrected chi connectivity index (χ3v) is 7.93. The van der Waals surface area contributed by atoms with E-state index in [9.17, 15) is 4.79 Å². The maximum atomic E-state index is 13.8. The number of aryl methyl sites for hydroxylation is 1. The van der Waals surface area contributed by atoms with Gasteiger partial charge in [-0.15, -0.1) is 5.10 Å². The van der Waals surface area contributed by atoms with E-state index in [0.717, 1.165) is 53.3 Å². The smallest absolute Gasteiger partial charge is 0.253 e. The second-order valence-electron chi connectivity index (χ2n) is 10.3. The minimum absolute atomic E-state index is 0.158. The number of nitrogens with one attached hydrogen (secondary N) is 1. The van der Waals surface area contributed by atoms with Crippen LogP contribution in [0.2, 0.25) is 5.02 Å². The van der Waals surface area contributed by atoms with Crippen LogP contribution in [0.5, 0.6) is 0 Å². The first-order valence-electron chi connectivity index (χ1n) is 13.3. The Morgan fingerprint density at radius 3 is 2.72 bits per heavy atom. The van der Waals surface area contributed by atoms with Crippen molar-refractivity contribution in [3.8, 4) is 0 Å². The zero-order valence-corrected chi connectivity index (χ0v) is 22.6. The normalized spacial score (nSPS) is 14.8. The molecule has 1 fully saturated rings. The van der Waals surface area contributed by atoms with E-state index in [2.05, 4.69) is 36.5 Å². The summed E-state index contributed by atoms with van der Waals surface area (Å²) in [4.78, 5) is 23.5. The van der Waals surface area contributed by atoms with Crippen molar-refractivity contribution in [3.05, 3.63) is 117 Å². The summed E-state index contributed by atoms with van der Waals surface area (Å²) >= 11 is 6.65. The number of rotatable bonds is 8. The molecular weight excluding hydrogens is 510 g/mol. The van der Waals surface area contributed by atoms with Crippen LogP contribution in [-0.4, -0.2) is 35.1 Å². The molecule has 0 radical (unpaired) electrons. The molecule has 3 aromatic heterocycles. The van der Waals surface area contributed by atoms with Crippen molar-refractivity contribution in [2.75, 3.05) is 0 Å². The summed E-state index contributed by atoms with van der Waals surface area (Å²) in [7, 11) is 0. The molecule has 1 N–H and O–H groups in total. The first-order chi connectivity index (χ1) is 19.1. The number of pyridine rings is 2. The molecule has 39 heavy (non-hydrogen) atoms. The highest BCUT2D eigenvalue weighted by Gasteiger charge is 2.33. The van der Waals surface area contributed by atoms with E-state index in [1.807, 2.05) is 72.4 Å². The Bertz CT molecular complexity index is 1640. The first-order valence-corrected chi connectivity index (χ1v) is 13.7. The summed E-state index contributed by atoms with van der Waals surface area (Å²) in [6.45, 7) is 3.03. The SMILES string of the molecule is Cc1ccc2cc([C@H](c3nnnn3C3CCCC3)N(Cc3cccnc3)Cc3ccccc3Cl)c(=O)[nH]c2c1. The zero-order valence-electron chi connectivity index (χ0n) is 21.8. The van der Waals surface area contributed by atoms with E-state index in [1.54, 1.807) is 6.20 Å². The molecule has 0 amide bonds. The topological polar surface area (TPSA) is 92.6 Å². The van der Waals surface area contributed by atoms with Gasteiger partial charge in [0.25, 0.3) is 5.56 Å². The average Bonchev–Trinajstić information content (AvgIpc) is 3.64. The highest BCUT2D eigenvalue weighted by Crippen LogP contribution is 2.35. The third kappa shape index (κ3) is 5.35. The van der Waals surface area contributed by atoms with Gasteiger partial charge in [0.1, 0.15) is 6.04 Å². The Balaban J connectivity index is 1.54. The molecular formula is C30H30ClN7O. The molecule has 0 unspecified atom stereocenters. The van der Waals surface area contributed by atoms with Crippen LogP contribution >= 0.6 is 11.6 Å². The number of halogens is 1. The van der Waals surface area contributed by atoms with E-state index in [-0.39, 0.29) is 11.6 Å². The molecule has 1 saturated carbocycles. The molecule has 1 aliphatic carbocycles. The largest absolute Gasteiger partial charge is 0.322 e. The Hall–Kier alpha value is -3.88. The molecule has 1 aliphatic rings. The van der Waals surface area contributed by atoms with Gasteiger partial charge in [0, 0.05) is 41.6 Å². The molecule has 0 aliphatic heterocycles. The lowest BCUT2D eigenvalue weighted by molar-refractivity contribution is 0.190. The van der Waals surface area contributed by atoms with Gasteiger partial charge >= 0.3 is 0 Å². The Morgan fingerprint density at radius 1 is 1.08 bits per heavy atom. The van der Waals surface area contributed by atoms with Crippen molar-refractivity contribution in [1.29, 1.82) is 0 Å². The molecule has 5 aromatic rings. The number of hydrogen-bond donors (Lipinski definition) is 1. The Kier molecular flexibility index (Phi) is 7.22. The highest BCUT2D eigenvalue weighted by molar-refractivity contribution is 6.31. The van der Waals surface area contributed by atoms with Crippen LogP contribution in [-0.2, 0) is 13.1 Å². The van der Waals surface area contributed by atoms with E-state index >= 15 is 0 Å². The summed E-state index contributed by atoms with van der Waals surface area (Å²) in [5.74, 6) is 0.662. The fourth-order valence-electron chi connectivity index (χ4n) is 5.63. The number of H-pyrrole nitrogens is 1. The fraction of sp³-hybridized carbons (Fsp3) is 0.300. The van der Waals surface area contributed by atoms with Crippen LogP contribution in [0.15, 0.2) is 77.9 Å². The quantitative estimate of drug-likeness (QED) is 0.269. The number of benzene rings is 2. The van der Waals surface area contributed by atoms with E-state index < -0.39 is 6.04 Å². The van der Waals surface area contributed by atoms with E-state index in [4.69, 9.17) is 11.6 Å². The van der Waals surface area contributed by atoms with Gasteiger partial charge in [-0.25, -0.2) is 4.68 Å². The lowest BCUT2D eigenvalue weighted by atomic mass is 10.0. The van der Waals surface area contributed by atoms with Crippen molar-refractivity contribution in [2.45, 2.75) is 57.8 Å². The van der Waals surface area contributed by atoms with Gasteiger partial charge in [-0.1, -0.05) is 60.8 Å². The van der Waals surface area contributed by atoms with Crippen molar-refractivity contribution in [3.63, 3.8) is 0 Å². The van der Waals surface area contributed by atoms with Gasteiger partial charge in [-0.2, -0.15) is 0 Å². The first kappa shape index (κ1) is 25.4. The molecule has 0 bridgehead atoms. The van der Waals surface area contributed by atoms with Crippen LogP contribution in [0.3, 0.4) is 0 Å². The predicted octanol–water partition coefficient (Wildman–Crippen LogP) is 5.78. The summed E-state index contributed by atoms with van der Waals surface area (Å²) < 4.78 is 1.94. The zero-order chi connectivity index (χ0) is 26.8. The van der Waals surface area contributed by atoms with Gasteiger partial charge in [0.2, 0.25) is 0 Å². The van der Waals surface area contributed by atoms with Crippen LogP contribution < -0.4 is 5.56 Å². The van der Waals surface area contributed by atoms with Gasteiger partial charge in [-0.05, 0) is 76.5 Å². The maximum Gasteiger partial charge on any atom is 0.253 e. The molecule has 1 atom stereocenters. The monoisotopic (exact) mass is 539 g/mol. The second kappa shape index (κ2) is 11.1. The molecule has 0 spiro atoms. The molecule has 0 saturated heterocycles. The molecule has 6 rings (SSSR count). The van der Waals surface area contributed by atoms with Gasteiger partial charge in [0.05, 0.1) is 6.04 Å². The summed E-state index contributed by atoms with van der Waals surface area (Å²) in [5.41, 5.74) is 4.31. The molecule has 3 heterocycles. The highest BCUT2D eigenvalue weighted by atomic mass is 35.5. The van der Waals surface area contributed by atoms with Crippen molar-refractivity contribution < 1.29 is 0 Å². The number of tetrazole rings is 1. The number of fused-ring (bicyclic) bond motifs is 1.